The SMILES string of the molecule is Cc1ccc([C@@H](CO)NC(=O)c2cc(-c3nc(Nc4ccccc4)ncc3C)c[nH]2)cc1F. The van der Waals surface area contributed by atoms with Crippen LogP contribution in [0.15, 0.2) is 67.0 Å². The Balaban J connectivity index is 1.52. The number of hydrogen-bond donors (Lipinski definition) is 4. The van der Waals surface area contributed by atoms with Crippen LogP contribution in [-0.4, -0.2) is 32.6 Å². The molecule has 1 amide bonds. The molecule has 2 aromatic carbocycles. The maximum absolute atomic E-state index is 13.9. The standard InChI is InChI=1S/C25H24FN5O2/c1-15-8-9-17(10-20(15)26)22(14-32)30-24(33)21-11-18(13-27-21)23-16(2)12-28-25(31-23)29-19-6-4-3-5-7-19/h3-13,22,27,32H,14H2,1-2H3,(H,30,33)(H,28,29,31)/t22-/m1/s1. The first-order chi connectivity index (χ1) is 15.9. The molecule has 0 aliphatic carbocycles. The number of aromatic nitrogens is 3. The molecule has 0 unspecified atom stereocenters. The number of aryl methyl sites for hydroxylation is 2. The normalized spacial score (nSPS) is 11.8. The minimum Gasteiger partial charge on any atom is -0.394 e. The largest absolute Gasteiger partial charge is 0.394 e. The Morgan fingerprint density at radius 2 is 1.91 bits per heavy atom. The van der Waals surface area contributed by atoms with Crippen LogP contribution in [0.4, 0.5) is 16.0 Å². The number of aliphatic hydroxyl groups excluding tert-OH is 1. The molecule has 4 aromatic rings. The lowest BCUT2D eigenvalue weighted by atomic mass is 10.0. The number of nitrogens with one attached hydrogen (secondary N) is 3. The number of carbonyl (C=O) groups is 1. The van der Waals surface area contributed by atoms with E-state index in [1.54, 1.807) is 37.5 Å². The van der Waals surface area contributed by atoms with Crippen molar-refractivity contribution in [2.24, 2.45) is 0 Å². The third kappa shape index (κ3) is 5.07. The molecule has 4 N–H and O–H groups in total. The van der Waals surface area contributed by atoms with Gasteiger partial charge in [0.05, 0.1) is 18.3 Å². The molecule has 0 bridgehead atoms. The molecule has 0 saturated heterocycles. The van der Waals surface area contributed by atoms with Gasteiger partial charge in [-0.3, -0.25) is 4.79 Å². The molecule has 0 spiro atoms. The zero-order valence-corrected chi connectivity index (χ0v) is 18.3. The molecule has 2 aromatic heterocycles. The Hall–Kier alpha value is -4.04. The number of rotatable bonds is 7. The van der Waals surface area contributed by atoms with Gasteiger partial charge in [0.15, 0.2) is 0 Å². The molecule has 0 radical (unpaired) electrons. The Morgan fingerprint density at radius 3 is 2.64 bits per heavy atom. The maximum Gasteiger partial charge on any atom is 0.268 e. The summed E-state index contributed by atoms with van der Waals surface area (Å²) in [5.74, 6) is -0.368. The van der Waals surface area contributed by atoms with E-state index in [-0.39, 0.29) is 12.4 Å². The smallest absolute Gasteiger partial charge is 0.268 e. The van der Waals surface area contributed by atoms with E-state index in [1.807, 2.05) is 37.3 Å². The molecule has 7 nitrogen and oxygen atoms in total. The highest BCUT2D eigenvalue weighted by atomic mass is 19.1. The number of nitrogens with zero attached hydrogens (tertiary/aromatic N) is 2. The van der Waals surface area contributed by atoms with Crippen LogP contribution in [0, 0.1) is 19.7 Å². The zero-order valence-electron chi connectivity index (χ0n) is 18.3. The maximum atomic E-state index is 13.9. The second-order valence-corrected chi connectivity index (χ2v) is 7.74. The summed E-state index contributed by atoms with van der Waals surface area (Å²) in [7, 11) is 0. The zero-order chi connectivity index (χ0) is 23.4. The van der Waals surface area contributed by atoms with Crippen LogP contribution in [0.5, 0.6) is 0 Å². The van der Waals surface area contributed by atoms with Crippen LogP contribution in [0.2, 0.25) is 0 Å². The third-order valence-corrected chi connectivity index (χ3v) is 5.29. The van der Waals surface area contributed by atoms with Gasteiger partial charge in [-0.2, -0.15) is 0 Å². The Morgan fingerprint density at radius 1 is 1.12 bits per heavy atom. The summed E-state index contributed by atoms with van der Waals surface area (Å²) < 4.78 is 13.9. The molecule has 168 valence electrons. The van der Waals surface area contributed by atoms with E-state index in [0.717, 1.165) is 16.8 Å². The van der Waals surface area contributed by atoms with Gasteiger partial charge in [0.2, 0.25) is 5.95 Å². The second kappa shape index (κ2) is 9.62. The Kier molecular flexibility index (Phi) is 6.46. The van der Waals surface area contributed by atoms with E-state index in [1.165, 1.54) is 6.07 Å². The van der Waals surface area contributed by atoms with Crippen molar-refractivity contribution in [1.29, 1.82) is 0 Å². The van der Waals surface area contributed by atoms with Gasteiger partial charge in [-0.25, -0.2) is 14.4 Å². The predicted octanol–water partition coefficient (Wildman–Crippen LogP) is 4.43. The molecule has 1 atom stereocenters. The van der Waals surface area contributed by atoms with Gasteiger partial charge < -0.3 is 20.7 Å². The van der Waals surface area contributed by atoms with Crippen molar-refractivity contribution in [3.8, 4) is 11.3 Å². The number of anilines is 2. The molecule has 0 saturated carbocycles. The van der Waals surface area contributed by atoms with Crippen LogP contribution in [-0.2, 0) is 0 Å². The predicted molar refractivity (Wildman–Crippen MR) is 125 cm³/mol. The summed E-state index contributed by atoms with van der Waals surface area (Å²) in [6.07, 6.45) is 3.41. The summed E-state index contributed by atoms with van der Waals surface area (Å²) in [5.41, 5.74) is 4.40. The minimum atomic E-state index is -0.734. The summed E-state index contributed by atoms with van der Waals surface area (Å²) in [5, 5.41) is 15.6. The first-order valence-electron chi connectivity index (χ1n) is 10.5. The van der Waals surface area contributed by atoms with Gasteiger partial charge in [-0.15, -0.1) is 0 Å². The van der Waals surface area contributed by atoms with Crippen LogP contribution in [0.25, 0.3) is 11.3 Å². The molecule has 33 heavy (non-hydrogen) atoms. The van der Waals surface area contributed by atoms with Crippen LogP contribution < -0.4 is 10.6 Å². The molecule has 0 aliphatic heterocycles. The summed E-state index contributed by atoms with van der Waals surface area (Å²) >= 11 is 0. The van der Waals surface area contributed by atoms with Gasteiger partial charge in [-0.05, 0) is 54.8 Å². The topological polar surface area (TPSA) is 103 Å². The summed E-state index contributed by atoms with van der Waals surface area (Å²) in [4.78, 5) is 24.7. The molecular weight excluding hydrogens is 421 g/mol. The monoisotopic (exact) mass is 445 g/mol. The highest BCUT2D eigenvalue weighted by Crippen LogP contribution is 2.24. The van der Waals surface area contributed by atoms with E-state index in [4.69, 9.17) is 0 Å². The highest BCUT2D eigenvalue weighted by Gasteiger charge is 2.18. The number of aromatic amines is 1. The van der Waals surface area contributed by atoms with Gasteiger partial charge in [0.1, 0.15) is 11.5 Å². The van der Waals surface area contributed by atoms with Crippen molar-refractivity contribution in [2.75, 3.05) is 11.9 Å². The number of H-pyrrole nitrogens is 1. The number of carbonyl (C=O) groups excluding carboxylic acids is 1. The number of benzene rings is 2. The van der Waals surface area contributed by atoms with Gasteiger partial charge in [0.25, 0.3) is 5.91 Å². The molecule has 4 rings (SSSR count). The van der Waals surface area contributed by atoms with E-state index in [9.17, 15) is 14.3 Å². The van der Waals surface area contributed by atoms with Gasteiger partial charge in [0, 0.05) is 23.6 Å². The van der Waals surface area contributed by atoms with Crippen molar-refractivity contribution in [2.45, 2.75) is 19.9 Å². The molecule has 0 fully saturated rings. The first kappa shape index (κ1) is 22.2. The van der Waals surface area contributed by atoms with E-state index >= 15 is 0 Å². The fourth-order valence-corrected chi connectivity index (χ4v) is 3.40. The highest BCUT2D eigenvalue weighted by molar-refractivity contribution is 5.94. The lowest BCUT2D eigenvalue weighted by molar-refractivity contribution is 0.0911. The molecular formula is C25H24FN5O2. The fourth-order valence-electron chi connectivity index (χ4n) is 3.40. The fraction of sp³-hybridized carbons (Fsp3) is 0.160. The van der Waals surface area contributed by atoms with E-state index in [2.05, 4.69) is 25.6 Å². The van der Waals surface area contributed by atoms with Gasteiger partial charge in [-0.1, -0.05) is 30.3 Å². The van der Waals surface area contributed by atoms with Crippen molar-refractivity contribution in [3.63, 3.8) is 0 Å². The van der Waals surface area contributed by atoms with Crippen molar-refractivity contribution < 1.29 is 14.3 Å². The van der Waals surface area contributed by atoms with Crippen LogP contribution in [0.1, 0.15) is 33.2 Å². The number of halogens is 1. The third-order valence-electron chi connectivity index (χ3n) is 5.29. The molecule has 8 heteroatoms. The van der Waals surface area contributed by atoms with E-state index in [0.29, 0.717) is 28.5 Å². The lowest BCUT2D eigenvalue weighted by Crippen LogP contribution is -2.31. The minimum absolute atomic E-state index is 0.298. The van der Waals surface area contributed by atoms with Crippen molar-refractivity contribution in [1.82, 2.24) is 20.3 Å². The van der Waals surface area contributed by atoms with Gasteiger partial charge >= 0.3 is 0 Å². The molecule has 0 aliphatic rings. The van der Waals surface area contributed by atoms with Crippen molar-refractivity contribution >= 4 is 17.5 Å². The van der Waals surface area contributed by atoms with Crippen LogP contribution in [0.3, 0.4) is 0 Å². The average Bonchev–Trinajstić information content (AvgIpc) is 3.31. The Bertz CT molecular complexity index is 1270. The number of hydrogen-bond acceptors (Lipinski definition) is 5. The number of amides is 1. The molecule has 2 heterocycles. The quantitative estimate of drug-likeness (QED) is 0.337. The Labute approximate surface area is 190 Å². The first-order valence-corrected chi connectivity index (χ1v) is 10.5. The second-order valence-electron chi connectivity index (χ2n) is 7.74. The van der Waals surface area contributed by atoms with Crippen molar-refractivity contribution in [3.05, 3.63) is 95.2 Å². The number of para-hydroxylation sites is 1. The number of aliphatic hydroxyl groups is 1. The van der Waals surface area contributed by atoms with E-state index < -0.39 is 11.9 Å². The lowest BCUT2D eigenvalue weighted by Gasteiger charge is -2.17. The summed E-state index contributed by atoms with van der Waals surface area (Å²) in [6, 6.07) is 15.2. The summed E-state index contributed by atoms with van der Waals surface area (Å²) in [6.45, 7) is 3.19. The average molecular weight is 445 g/mol. The van der Waals surface area contributed by atoms with Crippen LogP contribution >= 0.6 is 0 Å².